The summed E-state index contributed by atoms with van der Waals surface area (Å²) in [5, 5.41) is 8.67. The lowest BCUT2D eigenvalue weighted by molar-refractivity contribution is -0.299. The minimum atomic E-state index is -5.62. The van der Waals surface area contributed by atoms with Crippen LogP contribution in [0.2, 0.25) is 0 Å². The molecule has 0 heterocycles. The zero-order valence-corrected chi connectivity index (χ0v) is 9.43. The van der Waals surface area contributed by atoms with E-state index in [1.807, 2.05) is 0 Å². The maximum Gasteiger partial charge on any atom is 0.434 e. The van der Waals surface area contributed by atoms with Crippen LogP contribution in [0.1, 0.15) is 11.1 Å². The third-order valence-corrected chi connectivity index (χ3v) is 2.09. The molecular weight excluding hydrogens is 276 g/mol. The number of nitrogens with zero attached hydrogens (tertiary/aromatic N) is 1. The van der Waals surface area contributed by atoms with Gasteiger partial charge in [0.05, 0.1) is 5.56 Å². The molecule has 104 valence electrons. The summed E-state index contributed by atoms with van der Waals surface area (Å²) in [7, 11) is 0. The van der Waals surface area contributed by atoms with Crippen molar-refractivity contribution < 1.29 is 31.1 Å². The second-order valence-corrected chi connectivity index (χ2v) is 3.69. The molecule has 2 nitrogen and oxygen atoms in total. The predicted molar refractivity (Wildman–Crippen MR) is 52.4 cm³/mol. The molecule has 1 rings (SSSR count). The van der Waals surface area contributed by atoms with Gasteiger partial charge in [-0.25, -0.2) is 0 Å². The molecule has 0 aliphatic rings. The van der Waals surface area contributed by atoms with Crippen LogP contribution in [0, 0.1) is 18.3 Å². The summed E-state index contributed by atoms with van der Waals surface area (Å²) in [6, 6.07) is 4.77. The minimum Gasteiger partial charge on any atom is -0.470 e. The number of nitriles is 1. The van der Waals surface area contributed by atoms with Crippen molar-refractivity contribution in [3.63, 3.8) is 0 Å². The summed E-state index contributed by atoms with van der Waals surface area (Å²) >= 11 is 0. The Hall–Kier alpha value is -1.91. The van der Waals surface area contributed by atoms with E-state index in [1.165, 1.54) is 19.1 Å². The number of benzene rings is 1. The molecule has 0 saturated heterocycles. The van der Waals surface area contributed by atoms with Crippen LogP contribution in [-0.4, -0.2) is 18.5 Å². The van der Waals surface area contributed by atoms with Crippen LogP contribution in [0.25, 0.3) is 0 Å². The molecule has 0 saturated carbocycles. The van der Waals surface area contributed by atoms with E-state index in [-0.39, 0.29) is 0 Å². The molecule has 0 N–H and O–H groups in total. The van der Waals surface area contributed by atoms with E-state index < -0.39 is 29.8 Å². The van der Waals surface area contributed by atoms with Gasteiger partial charge in [-0.2, -0.15) is 31.6 Å². The molecule has 0 bridgehead atoms. The predicted octanol–water partition coefficient (Wildman–Crippen LogP) is 3.74. The van der Waals surface area contributed by atoms with Crippen LogP contribution in [-0.2, 0) is 0 Å². The SMILES string of the molecule is Cc1ccc(OC(C(F)(F)F)C(F)(F)F)c(C#N)c1. The van der Waals surface area contributed by atoms with Gasteiger partial charge < -0.3 is 4.74 Å². The van der Waals surface area contributed by atoms with Gasteiger partial charge in [0.2, 0.25) is 0 Å². The quantitative estimate of drug-likeness (QED) is 0.775. The molecule has 0 atom stereocenters. The fraction of sp³-hybridized carbons (Fsp3) is 0.364. The molecule has 0 fully saturated rings. The van der Waals surface area contributed by atoms with Crippen LogP contribution in [0.3, 0.4) is 0 Å². The van der Waals surface area contributed by atoms with Crippen molar-refractivity contribution in [1.29, 1.82) is 5.26 Å². The van der Waals surface area contributed by atoms with Gasteiger partial charge in [-0.05, 0) is 24.6 Å². The number of ether oxygens (including phenoxy) is 1. The Balaban J connectivity index is 3.15. The summed E-state index contributed by atoms with van der Waals surface area (Å²) in [5.41, 5.74) is 0.123. The number of hydrogen-bond acceptors (Lipinski definition) is 2. The minimum absolute atomic E-state index is 0.390. The van der Waals surface area contributed by atoms with Crippen molar-refractivity contribution in [3.8, 4) is 11.8 Å². The van der Waals surface area contributed by atoms with Crippen LogP contribution >= 0.6 is 0 Å². The first-order chi connectivity index (χ1) is 8.55. The van der Waals surface area contributed by atoms with Gasteiger partial charge in [-0.15, -0.1) is 0 Å². The van der Waals surface area contributed by atoms with Crippen molar-refractivity contribution in [1.82, 2.24) is 0 Å². The topological polar surface area (TPSA) is 33.0 Å². The van der Waals surface area contributed by atoms with Crippen LogP contribution in [0.4, 0.5) is 26.3 Å². The third kappa shape index (κ3) is 3.77. The Morgan fingerprint density at radius 3 is 2.05 bits per heavy atom. The maximum atomic E-state index is 12.3. The summed E-state index contributed by atoms with van der Waals surface area (Å²) < 4.78 is 77.7. The van der Waals surface area contributed by atoms with Crippen molar-refractivity contribution in [2.45, 2.75) is 25.4 Å². The molecule has 0 unspecified atom stereocenters. The van der Waals surface area contributed by atoms with Gasteiger partial charge in [0.1, 0.15) is 11.8 Å². The first-order valence-electron chi connectivity index (χ1n) is 4.86. The van der Waals surface area contributed by atoms with Crippen molar-refractivity contribution in [3.05, 3.63) is 29.3 Å². The Morgan fingerprint density at radius 1 is 1.11 bits per heavy atom. The van der Waals surface area contributed by atoms with E-state index in [4.69, 9.17) is 5.26 Å². The Kier molecular flexibility index (Phi) is 3.98. The number of rotatable bonds is 2. The molecule has 0 aromatic heterocycles. The largest absolute Gasteiger partial charge is 0.470 e. The van der Waals surface area contributed by atoms with Gasteiger partial charge in [0.15, 0.2) is 0 Å². The normalized spacial score (nSPS) is 12.4. The second kappa shape index (κ2) is 4.99. The highest BCUT2D eigenvalue weighted by Gasteiger charge is 2.59. The van der Waals surface area contributed by atoms with E-state index in [1.54, 1.807) is 0 Å². The summed E-state index contributed by atoms with van der Waals surface area (Å²) in [6.45, 7) is 1.54. The highest BCUT2D eigenvalue weighted by Crippen LogP contribution is 2.37. The van der Waals surface area contributed by atoms with Crippen LogP contribution in [0.15, 0.2) is 18.2 Å². The fourth-order valence-corrected chi connectivity index (χ4v) is 1.28. The van der Waals surface area contributed by atoms with Crippen molar-refractivity contribution in [2.24, 2.45) is 0 Å². The highest BCUT2D eigenvalue weighted by atomic mass is 19.4. The lowest BCUT2D eigenvalue weighted by Crippen LogP contribution is -2.46. The molecule has 0 aliphatic heterocycles. The Labute approximate surface area is 104 Å². The van der Waals surface area contributed by atoms with E-state index in [9.17, 15) is 26.3 Å². The van der Waals surface area contributed by atoms with E-state index in [2.05, 4.69) is 4.74 Å². The number of hydrogen-bond donors (Lipinski definition) is 0. The average molecular weight is 283 g/mol. The van der Waals surface area contributed by atoms with Gasteiger partial charge >= 0.3 is 12.4 Å². The third-order valence-electron chi connectivity index (χ3n) is 2.09. The molecule has 1 aromatic carbocycles. The van der Waals surface area contributed by atoms with Gasteiger partial charge in [0.25, 0.3) is 6.10 Å². The molecule has 0 aliphatic carbocycles. The zero-order valence-electron chi connectivity index (χ0n) is 9.43. The molecule has 8 heteroatoms. The van der Waals surface area contributed by atoms with Gasteiger partial charge in [-0.3, -0.25) is 0 Å². The van der Waals surface area contributed by atoms with Gasteiger partial charge in [-0.1, -0.05) is 6.07 Å². The molecule has 19 heavy (non-hydrogen) atoms. The monoisotopic (exact) mass is 283 g/mol. The Bertz CT molecular complexity index is 485. The van der Waals surface area contributed by atoms with Crippen LogP contribution < -0.4 is 4.74 Å². The van der Waals surface area contributed by atoms with E-state index in [0.29, 0.717) is 5.56 Å². The van der Waals surface area contributed by atoms with Crippen LogP contribution in [0.5, 0.6) is 5.75 Å². The standard InChI is InChI=1S/C11H7F6NO/c1-6-2-3-8(7(4-6)5-18)19-9(10(12,13)14)11(15,16)17/h2-4,9H,1H3. The Morgan fingerprint density at radius 2 is 1.63 bits per heavy atom. The summed E-state index contributed by atoms with van der Waals surface area (Å²) in [4.78, 5) is 0. The van der Waals surface area contributed by atoms with E-state index >= 15 is 0 Å². The van der Waals surface area contributed by atoms with Crippen molar-refractivity contribution >= 4 is 0 Å². The zero-order chi connectivity index (χ0) is 14.8. The fourth-order valence-electron chi connectivity index (χ4n) is 1.28. The maximum absolute atomic E-state index is 12.3. The molecule has 0 amide bonds. The first kappa shape index (κ1) is 15.1. The second-order valence-electron chi connectivity index (χ2n) is 3.69. The number of alkyl halides is 6. The molecule has 0 spiro atoms. The lowest BCUT2D eigenvalue weighted by Gasteiger charge is -2.24. The number of aryl methyl sites for hydroxylation is 1. The van der Waals surface area contributed by atoms with Crippen molar-refractivity contribution in [2.75, 3.05) is 0 Å². The van der Waals surface area contributed by atoms with E-state index in [0.717, 1.165) is 12.1 Å². The smallest absolute Gasteiger partial charge is 0.434 e. The van der Waals surface area contributed by atoms with Gasteiger partial charge in [0, 0.05) is 0 Å². The average Bonchev–Trinajstić information content (AvgIpc) is 2.23. The number of halogens is 6. The lowest BCUT2D eigenvalue weighted by atomic mass is 10.1. The highest BCUT2D eigenvalue weighted by molar-refractivity contribution is 5.45. The molecule has 1 aromatic rings. The summed E-state index contributed by atoms with van der Waals surface area (Å²) in [5.74, 6) is -0.757. The molecular formula is C11H7F6NO. The first-order valence-corrected chi connectivity index (χ1v) is 4.86. The summed E-state index contributed by atoms with van der Waals surface area (Å²) in [6.07, 6.45) is -15.2. The molecule has 0 radical (unpaired) electrons.